The molecule has 2 rings (SSSR count). The SMILES string of the molecule is COCC1CCCN(S(=O)(=O)Cc2ccccc2)C1. The van der Waals surface area contributed by atoms with Crippen LogP contribution in [0.25, 0.3) is 0 Å². The summed E-state index contributed by atoms with van der Waals surface area (Å²) in [7, 11) is -1.55. The van der Waals surface area contributed by atoms with E-state index < -0.39 is 10.0 Å². The summed E-state index contributed by atoms with van der Waals surface area (Å²) in [6.45, 7) is 1.86. The fourth-order valence-corrected chi connectivity index (χ4v) is 4.17. The summed E-state index contributed by atoms with van der Waals surface area (Å²) in [5, 5.41) is 0. The largest absolute Gasteiger partial charge is 0.384 e. The van der Waals surface area contributed by atoms with E-state index in [0.29, 0.717) is 25.6 Å². The number of nitrogens with zero attached hydrogens (tertiary/aromatic N) is 1. The van der Waals surface area contributed by atoms with Crippen molar-refractivity contribution < 1.29 is 13.2 Å². The standard InChI is InChI=1S/C14H21NO3S/c1-18-11-14-8-5-9-15(10-14)19(16,17)12-13-6-3-2-4-7-13/h2-4,6-7,14H,5,8-12H2,1H3. The Morgan fingerprint density at radius 1 is 1.32 bits per heavy atom. The van der Waals surface area contributed by atoms with Gasteiger partial charge < -0.3 is 4.74 Å². The molecule has 0 bridgehead atoms. The number of hydrogen-bond donors (Lipinski definition) is 0. The van der Waals surface area contributed by atoms with Gasteiger partial charge in [0.2, 0.25) is 10.0 Å². The van der Waals surface area contributed by atoms with Gasteiger partial charge >= 0.3 is 0 Å². The van der Waals surface area contributed by atoms with Gasteiger partial charge in [0, 0.05) is 20.2 Å². The van der Waals surface area contributed by atoms with Crippen molar-refractivity contribution in [1.29, 1.82) is 0 Å². The lowest BCUT2D eigenvalue weighted by Gasteiger charge is -2.31. The first-order valence-electron chi connectivity index (χ1n) is 6.62. The number of sulfonamides is 1. The summed E-state index contributed by atoms with van der Waals surface area (Å²) < 4.78 is 31.5. The molecule has 0 aliphatic carbocycles. The second-order valence-electron chi connectivity index (χ2n) is 5.06. The summed E-state index contributed by atoms with van der Waals surface area (Å²) in [5.74, 6) is 0.414. The lowest BCUT2D eigenvalue weighted by Crippen LogP contribution is -2.41. The predicted molar refractivity (Wildman–Crippen MR) is 75.2 cm³/mol. The van der Waals surface area contributed by atoms with Crippen molar-refractivity contribution in [2.75, 3.05) is 26.8 Å². The van der Waals surface area contributed by atoms with E-state index in [0.717, 1.165) is 18.4 Å². The van der Waals surface area contributed by atoms with Crippen LogP contribution in [0.15, 0.2) is 30.3 Å². The molecule has 5 heteroatoms. The zero-order valence-corrected chi connectivity index (χ0v) is 12.1. The van der Waals surface area contributed by atoms with Crippen LogP contribution in [0.2, 0.25) is 0 Å². The van der Waals surface area contributed by atoms with E-state index in [1.54, 1.807) is 11.4 Å². The van der Waals surface area contributed by atoms with Gasteiger partial charge in [0.25, 0.3) is 0 Å². The molecular formula is C14H21NO3S. The van der Waals surface area contributed by atoms with E-state index in [1.807, 2.05) is 30.3 Å². The number of rotatable bonds is 5. The number of ether oxygens (including phenoxy) is 1. The summed E-state index contributed by atoms with van der Waals surface area (Å²) in [4.78, 5) is 0. The third kappa shape index (κ3) is 4.03. The number of hydrogen-bond acceptors (Lipinski definition) is 3. The minimum absolute atomic E-state index is 0.0908. The maximum Gasteiger partial charge on any atom is 0.218 e. The molecular weight excluding hydrogens is 262 g/mol. The van der Waals surface area contributed by atoms with Crippen molar-refractivity contribution in [1.82, 2.24) is 4.31 Å². The number of piperidine rings is 1. The van der Waals surface area contributed by atoms with Gasteiger partial charge in [-0.25, -0.2) is 12.7 Å². The lowest BCUT2D eigenvalue weighted by molar-refractivity contribution is 0.118. The maximum absolute atomic E-state index is 12.4. The molecule has 1 unspecified atom stereocenters. The van der Waals surface area contributed by atoms with Crippen molar-refractivity contribution in [3.8, 4) is 0 Å². The Bertz CT molecular complexity index is 485. The van der Waals surface area contributed by atoms with Crippen molar-refractivity contribution in [2.45, 2.75) is 18.6 Å². The molecule has 19 heavy (non-hydrogen) atoms. The second kappa shape index (κ2) is 6.50. The summed E-state index contributed by atoms with van der Waals surface area (Å²) >= 11 is 0. The van der Waals surface area contributed by atoms with Crippen LogP contribution in [0.5, 0.6) is 0 Å². The van der Waals surface area contributed by atoms with Crippen molar-refractivity contribution in [2.24, 2.45) is 5.92 Å². The van der Waals surface area contributed by atoms with Gasteiger partial charge in [-0.05, 0) is 24.3 Å². The highest BCUT2D eigenvalue weighted by Crippen LogP contribution is 2.21. The molecule has 0 amide bonds. The molecule has 1 aromatic carbocycles. The average Bonchev–Trinajstić information content (AvgIpc) is 2.40. The van der Waals surface area contributed by atoms with E-state index >= 15 is 0 Å². The van der Waals surface area contributed by atoms with Crippen LogP contribution in [0.4, 0.5) is 0 Å². The van der Waals surface area contributed by atoms with Crippen molar-refractivity contribution in [3.05, 3.63) is 35.9 Å². The first kappa shape index (κ1) is 14.5. The molecule has 1 atom stereocenters. The average molecular weight is 283 g/mol. The van der Waals surface area contributed by atoms with E-state index in [1.165, 1.54) is 0 Å². The lowest BCUT2D eigenvalue weighted by atomic mass is 10.0. The van der Waals surface area contributed by atoms with Crippen LogP contribution < -0.4 is 0 Å². The van der Waals surface area contributed by atoms with E-state index in [-0.39, 0.29) is 5.75 Å². The Balaban J connectivity index is 2.03. The molecule has 1 aliphatic heterocycles. The number of methoxy groups -OCH3 is 1. The molecule has 4 nitrogen and oxygen atoms in total. The van der Waals surface area contributed by atoms with Gasteiger partial charge in [0.05, 0.1) is 12.4 Å². The Labute approximate surface area is 115 Å². The van der Waals surface area contributed by atoms with Crippen molar-refractivity contribution in [3.63, 3.8) is 0 Å². The molecule has 1 saturated heterocycles. The third-order valence-electron chi connectivity index (χ3n) is 3.47. The van der Waals surface area contributed by atoms with Gasteiger partial charge in [-0.1, -0.05) is 30.3 Å². The van der Waals surface area contributed by atoms with E-state index in [9.17, 15) is 8.42 Å². The maximum atomic E-state index is 12.4. The molecule has 1 aliphatic rings. The Hall–Kier alpha value is -0.910. The van der Waals surface area contributed by atoms with Crippen LogP contribution in [-0.4, -0.2) is 39.5 Å². The summed E-state index contributed by atoms with van der Waals surface area (Å²) in [5.41, 5.74) is 0.844. The highest BCUT2D eigenvalue weighted by atomic mass is 32.2. The normalized spacial score (nSPS) is 21.4. The smallest absolute Gasteiger partial charge is 0.218 e. The third-order valence-corrected chi connectivity index (χ3v) is 5.29. The Morgan fingerprint density at radius 3 is 2.74 bits per heavy atom. The van der Waals surface area contributed by atoms with Crippen LogP contribution in [-0.2, 0) is 20.5 Å². The highest BCUT2D eigenvalue weighted by molar-refractivity contribution is 7.88. The van der Waals surface area contributed by atoms with E-state index in [2.05, 4.69) is 0 Å². The topological polar surface area (TPSA) is 46.6 Å². The molecule has 0 spiro atoms. The Kier molecular flexibility index (Phi) is 4.96. The molecule has 0 aromatic heterocycles. The highest BCUT2D eigenvalue weighted by Gasteiger charge is 2.28. The van der Waals surface area contributed by atoms with Crippen LogP contribution in [0, 0.1) is 5.92 Å². The molecule has 1 aromatic rings. The fraction of sp³-hybridized carbons (Fsp3) is 0.571. The van der Waals surface area contributed by atoms with E-state index in [4.69, 9.17) is 4.74 Å². The summed E-state index contributed by atoms with van der Waals surface area (Å²) in [6.07, 6.45) is 1.97. The quantitative estimate of drug-likeness (QED) is 0.829. The molecule has 106 valence electrons. The predicted octanol–water partition coefficient (Wildman–Crippen LogP) is 1.87. The van der Waals surface area contributed by atoms with Crippen LogP contribution in [0.3, 0.4) is 0 Å². The van der Waals surface area contributed by atoms with Gasteiger partial charge in [-0.15, -0.1) is 0 Å². The monoisotopic (exact) mass is 283 g/mol. The zero-order valence-electron chi connectivity index (χ0n) is 11.3. The van der Waals surface area contributed by atoms with Gasteiger partial charge in [0.1, 0.15) is 0 Å². The Morgan fingerprint density at radius 2 is 2.05 bits per heavy atom. The van der Waals surface area contributed by atoms with Gasteiger partial charge in [-0.3, -0.25) is 0 Å². The molecule has 0 N–H and O–H groups in total. The first-order chi connectivity index (χ1) is 9.12. The van der Waals surface area contributed by atoms with Crippen LogP contribution >= 0.6 is 0 Å². The fourth-order valence-electron chi connectivity index (χ4n) is 2.53. The second-order valence-corrected chi connectivity index (χ2v) is 7.03. The molecule has 1 heterocycles. The molecule has 0 radical (unpaired) electrons. The number of benzene rings is 1. The molecule has 0 saturated carbocycles. The van der Waals surface area contributed by atoms with Crippen LogP contribution in [0.1, 0.15) is 18.4 Å². The van der Waals surface area contributed by atoms with Gasteiger partial charge in [-0.2, -0.15) is 0 Å². The van der Waals surface area contributed by atoms with Crippen molar-refractivity contribution >= 4 is 10.0 Å². The minimum Gasteiger partial charge on any atom is -0.384 e. The minimum atomic E-state index is -3.21. The zero-order chi connectivity index (χ0) is 13.7. The summed E-state index contributed by atoms with van der Waals surface area (Å²) in [6, 6.07) is 9.34. The molecule has 1 fully saturated rings. The van der Waals surface area contributed by atoms with Gasteiger partial charge in [0.15, 0.2) is 0 Å². The first-order valence-corrected chi connectivity index (χ1v) is 8.23.